The van der Waals surface area contributed by atoms with E-state index in [1.54, 1.807) is 6.07 Å². The van der Waals surface area contributed by atoms with Crippen molar-refractivity contribution >= 4 is 5.82 Å². The lowest BCUT2D eigenvalue weighted by Crippen LogP contribution is -2.06. The Morgan fingerprint density at radius 3 is 2.94 bits per heavy atom. The normalized spacial score (nSPS) is 13.3. The van der Waals surface area contributed by atoms with E-state index in [-0.39, 0.29) is 5.75 Å². The predicted octanol–water partition coefficient (Wildman–Crippen LogP) is 2.62. The topological polar surface area (TPSA) is 61.3 Å². The van der Waals surface area contributed by atoms with E-state index in [1.165, 1.54) is 12.1 Å². The van der Waals surface area contributed by atoms with E-state index < -0.39 is 6.61 Å². The van der Waals surface area contributed by atoms with Crippen molar-refractivity contribution in [3.8, 4) is 17.1 Å². The first-order chi connectivity index (χ1) is 8.65. The number of fused-ring (bicyclic) bond motifs is 3. The Balaban J connectivity index is 2.07. The number of aryl methyl sites for hydroxylation is 1. The fraction of sp³-hybridized carbons (Fsp3) is 0.250. The molecule has 2 N–H and O–H groups in total. The summed E-state index contributed by atoms with van der Waals surface area (Å²) in [5.74, 6) is 1.01. The maximum atomic E-state index is 12.2. The molecule has 1 aromatic carbocycles. The van der Waals surface area contributed by atoms with Crippen LogP contribution in [0.1, 0.15) is 11.1 Å². The van der Waals surface area contributed by atoms with Crippen molar-refractivity contribution in [1.82, 2.24) is 5.16 Å². The van der Waals surface area contributed by atoms with Crippen molar-refractivity contribution in [2.45, 2.75) is 19.5 Å². The number of nitrogens with two attached hydrogens (primary N) is 1. The Kier molecular flexibility index (Phi) is 2.43. The molecule has 94 valence electrons. The summed E-state index contributed by atoms with van der Waals surface area (Å²) in [5, 5.41) is 3.70. The number of ether oxygens (including phenoxy) is 1. The van der Waals surface area contributed by atoms with Gasteiger partial charge >= 0.3 is 6.61 Å². The number of anilines is 1. The van der Waals surface area contributed by atoms with Gasteiger partial charge in [-0.25, -0.2) is 0 Å². The van der Waals surface area contributed by atoms with Gasteiger partial charge < -0.3 is 15.0 Å². The van der Waals surface area contributed by atoms with Crippen LogP contribution in [0, 0.1) is 0 Å². The molecule has 0 aliphatic heterocycles. The van der Waals surface area contributed by atoms with Crippen molar-refractivity contribution < 1.29 is 18.0 Å². The van der Waals surface area contributed by atoms with Gasteiger partial charge in [0.05, 0.1) is 0 Å². The second-order valence-electron chi connectivity index (χ2n) is 4.07. The van der Waals surface area contributed by atoms with E-state index in [4.69, 9.17) is 10.3 Å². The van der Waals surface area contributed by atoms with Gasteiger partial charge in [0.25, 0.3) is 0 Å². The van der Waals surface area contributed by atoms with Gasteiger partial charge in [-0.1, -0.05) is 11.2 Å². The van der Waals surface area contributed by atoms with Gasteiger partial charge in [-0.15, -0.1) is 0 Å². The lowest BCUT2D eigenvalue weighted by atomic mass is 9.90. The van der Waals surface area contributed by atoms with E-state index >= 15 is 0 Å². The van der Waals surface area contributed by atoms with Gasteiger partial charge in [0.2, 0.25) is 0 Å². The first-order valence-electron chi connectivity index (χ1n) is 5.47. The molecule has 1 aromatic heterocycles. The second kappa shape index (κ2) is 3.97. The first-order valence-corrected chi connectivity index (χ1v) is 5.47. The number of aromatic nitrogens is 1. The SMILES string of the molecule is Nc1noc2c1CCc1ccc(OC(F)F)cc1-2. The largest absolute Gasteiger partial charge is 0.435 e. The van der Waals surface area contributed by atoms with Crippen LogP contribution in [0.2, 0.25) is 0 Å². The molecule has 0 atom stereocenters. The minimum absolute atomic E-state index is 0.103. The molecule has 3 rings (SSSR count). The van der Waals surface area contributed by atoms with Crippen LogP contribution >= 0.6 is 0 Å². The van der Waals surface area contributed by atoms with E-state index in [9.17, 15) is 8.78 Å². The van der Waals surface area contributed by atoms with Crippen molar-refractivity contribution in [1.29, 1.82) is 0 Å². The van der Waals surface area contributed by atoms with E-state index in [1.807, 2.05) is 0 Å². The zero-order valence-electron chi connectivity index (χ0n) is 9.32. The smallest absolute Gasteiger partial charge is 0.387 e. The molecule has 0 unspecified atom stereocenters. The number of benzene rings is 1. The highest BCUT2D eigenvalue weighted by Gasteiger charge is 2.24. The van der Waals surface area contributed by atoms with Crippen LogP contribution in [-0.4, -0.2) is 11.8 Å². The Bertz CT molecular complexity index is 596. The summed E-state index contributed by atoms with van der Waals surface area (Å²) in [6, 6.07) is 4.81. The second-order valence-corrected chi connectivity index (χ2v) is 4.07. The Morgan fingerprint density at radius 1 is 1.33 bits per heavy atom. The molecule has 0 fully saturated rings. The van der Waals surface area contributed by atoms with Crippen LogP contribution in [0.15, 0.2) is 22.7 Å². The van der Waals surface area contributed by atoms with Crippen LogP contribution in [0.5, 0.6) is 5.75 Å². The van der Waals surface area contributed by atoms with Gasteiger partial charge in [0.15, 0.2) is 11.6 Å². The molecule has 0 amide bonds. The van der Waals surface area contributed by atoms with Crippen molar-refractivity contribution in [3.63, 3.8) is 0 Å². The Hall–Kier alpha value is -2.11. The molecule has 1 aliphatic carbocycles. The number of rotatable bonds is 2. The number of alkyl halides is 2. The molecule has 2 aromatic rings. The predicted molar refractivity (Wildman–Crippen MR) is 60.4 cm³/mol. The van der Waals surface area contributed by atoms with E-state index in [0.717, 1.165) is 29.5 Å². The summed E-state index contributed by atoms with van der Waals surface area (Å²) in [4.78, 5) is 0. The third-order valence-corrected chi connectivity index (χ3v) is 3.01. The number of nitrogens with zero attached hydrogens (tertiary/aromatic N) is 1. The van der Waals surface area contributed by atoms with Crippen LogP contribution in [0.3, 0.4) is 0 Å². The van der Waals surface area contributed by atoms with E-state index in [0.29, 0.717) is 11.6 Å². The third kappa shape index (κ3) is 1.70. The monoisotopic (exact) mass is 252 g/mol. The summed E-state index contributed by atoms with van der Waals surface area (Å²) in [6.45, 7) is -2.84. The standard InChI is InChI=1S/C12H10F2N2O2/c13-12(14)17-7-3-1-6-2-4-8-10(9(6)5-7)18-16-11(8)15/h1,3,5,12H,2,4H2,(H2,15,16). The van der Waals surface area contributed by atoms with Crippen molar-refractivity contribution in [2.24, 2.45) is 0 Å². The summed E-state index contributed by atoms with van der Waals surface area (Å²) in [7, 11) is 0. The fourth-order valence-corrected chi connectivity index (χ4v) is 2.20. The van der Waals surface area contributed by atoms with Crippen LogP contribution in [-0.2, 0) is 12.8 Å². The Labute approximate surface area is 101 Å². The summed E-state index contributed by atoms with van der Waals surface area (Å²) < 4.78 is 33.9. The van der Waals surface area contributed by atoms with Gasteiger partial charge in [-0.2, -0.15) is 8.78 Å². The zero-order valence-corrected chi connectivity index (χ0v) is 9.32. The van der Waals surface area contributed by atoms with Crippen molar-refractivity contribution in [3.05, 3.63) is 29.3 Å². The van der Waals surface area contributed by atoms with Gasteiger partial charge in [-0.05, 0) is 30.5 Å². The summed E-state index contributed by atoms with van der Waals surface area (Å²) >= 11 is 0. The first kappa shape index (κ1) is 11.0. The number of hydrogen-bond acceptors (Lipinski definition) is 4. The molecule has 0 spiro atoms. The minimum Gasteiger partial charge on any atom is -0.435 e. The quantitative estimate of drug-likeness (QED) is 0.892. The van der Waals surface area contributed by atoms with Crippen LogP contribution in [0.25, 0.3) is 11.3 Å². The molecular formula is C12H10F2N2O2. The molecule has 18 heavy (non-hydrogen) atoms. The fourth-order valence-electron chi connectivity index (χ4n) is 2.20. The van der Waals surface area contributed by atoms with Gasteiger partial charge in [-0.3, -0.25) is 0 Å². The molecule has 1 heterocycles. The van der Waals surface area contributed by atoms with Gasteiger partial charge in [0, 0.05) is 11.1 Å². The highest BCUT2D eigenvalue weighted by molar-refractivity contribution is 5.72. The summed E-state index contributed by atoms with van der Waals surface area (Å²) in [6.07, 6.45) is 1.52. The number of nitrogen functional groups attached to an aromatic ring is 1. The molecule has 6 heteroatoms. The molecule has 0 saturated carbocycles. The molecule has 0 saturated heterocycles. The summed E-state index contributed by atoms with van der Waals surface area (Å²) in [5.41, 5.74) is 8.25. The Morgan fingerprint density at radius 2 is 2.17 bits per heavy atom. The third-order valence-electron chi connectivity index (χ3n) is 3.01. The van der Waals surface area contributed by atoms with Crippen LogP contribution < -0.4 is 10.5 Å². The molecule has 4 nitrogen and oxygen atoms in total. The maximum absolute atomic E-state index is 12.2. The number of halogens is 2. The highest BCUT2D eigenvalue weighted by atomic mass is 19.3. The van der Waals surface area contributed by atoms with Crippen LogP contribution in [0.4, 0.5) is 14.6 Å². The molecule has 0 radical (unpaired) electrons. The lowest BCUT2D eigenvalue weighted by Gasteiger charge is -2.15. The average molecular weight is 252 g/mol. The van der Waals surface area contributed by atoms with E-state index in [2.05, 4.69) is 9.89 Å². The molecule has 0 bridgehead atoms. The number of hydrogen-bond donors (Lipinski definition) is 1. The van der Waals surface area contributed by atoms with Crippen molar-refractivity contribution in [2.75, 3.05) is 5.73 Å². The molecule has 1 aliphatic rings. The minimum atomic E-state index is -2.84. The zero-order chi connectivity index (χ0) is 12.7. The maximum Gasteiger partial charge on any atom is 0.387 e. The lowest BCUT2D eigenvalue weighted by molar-refractivity contribution is -0.0498. The average Bonchev–Trinajstić information content (AvgIpc) is 2.71. The molecular weight excluding hydrogens is 242 g/mol. The van der Waals surface area contributed by atoms with Gasteiger partial charge in [0.1, 0.15) is 5.75 Å². The highest BCUT2D eigenvalue weighted by Crippen LogP contribution is 2.38.